The minimum absolute atomic E-state index is 0.0930. The maximum Gasteiger partial charge on any atom is 0.295 e. The zero-order valence-corrected chi connectivity index (χ0v) is 19.6. The number of hydrogen-bond donors (Lipinski definition) is 1. The molecule has 1 aliphatic heterocycles. The number of aryl methyl sites for hydroxylation is 1. The molecule has 3 heterocycles. The molecule has 1 aromatic carbocycles. The van der Waals surface area contributed by atoms with Crippen LogP contribution in [0.1, 0.15) is 41.5 Å². The standard InChI is InChI=1S/C26H26N2O4S/c1-16(2)15-32-20-8-4-7-19(12-20)23(29)21-22(25-17(3)9-11-33-25)28(26(31)24(21)30)14-18-6-5-10-27-13-18/h4-13,16,22,29H,14-15H2,1-3H3/b23-21-. The molecule has 33 heavy (non-hydrogen) atoms. The minimum Gasteiger partial charge on any atom is -0.507 e. The molecule has 0 radical (unpaired) electrons. The van der Waals surface area contributed by atoms with Gasteiger partial charge in [-0.15, -0.1) is 11.3 Å². The average Bonchev–Trinajstić information content (AvgIpc) is 3.34. The number of carbonyl (C=O) groups is 2. The molecule has 170 valence electrons. The SMILES string of the molecule is Cc1ccsc1C1/C(=C(/O)c2cccc(OCC(C)C)c2)C(=O)C(=O)N1Cc1cccnc1. The Morgan fingerprint density at radius 3 is 2.70 bits per heavy atom. The quantitative estimate of drug-likeness (QED) is 0.300. The van der Waals surface area contributed by atoms with Crippen molar-refractivity contribution in [2.75, 3.05) is 6.61 Å². The predicted octanol–water partition coefficient (Wildman–Crippen LogP) is 5.11. The number of pyridine rings is 1. The molecule has 6 nitrogen and oxygen atoms in total. The number of ether oxygens (including phenoxy) is 1. The number of aliphatic hydroxyl groups is 1. The highest BCUT2D eigenvalue weighted by Crippen LogP contribution is 2.43. The Bertz CT molecular complexity index is 1200. The van der Waals surface area contributed by atoms with Gasteiger partial charge in [-0.3, -0.25) is 14.6 Å². The van der Waals surface area contributed by atoms with Crippen LogP contribution in [-0.4, -0.2) is 33.3 Å². The summed E-state index contributed by atoms with van der Waals surface area (Å²) in [6.07, 6.45) is 3.33. The first-order valence-electron chi connectivity index (χ1n) is 10.8. The van der Waals surface area contributed by atoms with E-state index in [4.69, 9.17) is 4.74 Å². The summed E-state index contributed by atoms with van der Waals surface area (Å²) in [5, 5.41) is 13.2. The fourth-order valence-electron chi connectivity index (χ4n) is 3.82. The zero-order chi connectivity index (χ0) is 23.5. The van der Waals surface area contributed by atoms with Crippen LogP contribution < -0.4 is 4.74 Å². The highest BCUT2D eigenvalue weighted by molar-refractivity contribution is 7.10. The lowest BCUT2D eigenvalue weighted by Crippen LogP contribution is -2.29. The normalized spacial score (nSPS) is 17.7. The van der Waals surface area contributed by atoms with Crippen LogP contribution in [-0.2, 0) is 16.1 Å². The summed E-state index contributed by atoms with van der Waals surface area (Å²) in [5.74, 6) is -0.578. The molecule has 0 bridgehead atoms. The molecule has 3 aromatic rings. The fraction of sp³-hybridized carbons (Fsp3) is 0.269. The Hall–Kier alpha value is -3.45. The summed E-state index contributed by atoms with van der Waals surface area (Å²) in [6.45, 7) is 6.80. The lowest BCUT2D eigenvalue weighted by atomic mass is 9.98. The zero-order valence-electron chi connectivity index (χ0n) is 18.8. The summed E-state index contributed by atoms with van der Waals surface area (Å²) in [5.41, 5.74) is 2.30. The second-order valence-electron chi connectivity index (χ2n) is 8.49. The van der Waals surface area contributed by atoms with E-state index in [1.807, 2.05) is 24.4 Å². The van der Waals surface area contributed by atoms with Gasteiger partial charge in [-0.25, -0.2) is 0 Å². The Morgan fingerprint density at radius 2 is 2.03 bits per heavy atom. The Balaban J connectivity index is 1.79. The van der Waals surface area contributed by atoms with Gasteiger partial charge in [0.05, 0.1) is 12.2 Å². The minimum atomic E-state index is -0.692. The van der Waals surface area contributed by atoms with E-state index in [2.05, 4.69) is 18.8 Å². The average molecular weight is 463 g/mol. The van der Waals surface area contributed by atoms with Crippen molar-refractivity contribution in [1.29, 1.82) is 0 Å². The van der Waals surface area contributed by atoms with Crippen LogP contribution in [0.3, 0.4) is 0 Å². The number of aliphatic hydroxyl groups excluding tert-OH is 1. The van der Waals surface area contributed by atoms with Crippen LogP contribution in [0.5, 0.6) is 5.75 Å². The van der Waals surface area contributed by atoms with E-state index in [0.29, 0.717) is 23.8 Å². The third kappa shape index (κ3) is 4.68. The second-order valence-corrected chi connectivity index (χ2v) is 9.44. The first-order valence-corrected chi connectivity index (χ1v) is 11.7. The number of ketones is 1. The first kappa shape index (κ1) is 22.7. The molecule has 1 N–H and O–H groups in total. The Kier molecular flexibility index (Phi) is 6.60. The largest absolute Gasteiger partial charge is 0.507 e. The van der Waals surface area contributed by atoms with Crippen molar-refractivity contribution >= 4 is 28.8 Å². The van der Waals surface area contributed by atoms with Gasteiger partial charge in [-0.2, -0.15) is 0 Å². The molecule has 1 amide bonds. The highest BCUT2D eigenvalue weighted by atomic mass is 32.1. The predicted molar refractivity (Wildman–Crippen MR) is 128 cm³/mol. The highest BCUT2D eigenvalue weighted by Gasteiger charge is 2.47. The number of benzene rings is 1. The number of thiophene rings is 1. The van der Waals surface area contributed by atoms with Crippen molar-refractivity contribution in [1.82, 2.24) is 9.88 Å². The van der Waals surface area contributed by atoms with Gasteiger partial charge in [-0.1, -0.05) is 32.0 Å². The lowest BCUT2D eigenvalue weighted by Gasteiger charge is -2.25. The van der Waals surface area contributed by atoms with E-state index in [0.717, 1.165) is 16.0 Å². The van der Waals surface area contributed by atoms with E-state index in [1.54, 1.807) is 42.7 Å². The number of Topliss-reactive ketones (excluding diaryl/α,β-unsaturated/α-hetero) is 1. The van der Waals surface area contributed by atoms with Crippen LogP contribution in [0.2, 0.25) is 0 Å². The van der Waals surface area contributed by atoms with Crippen molar-refractivity contribution in [3.8, 4) is 5.75 Å². The van der Waals surface area contributed by atoms with E-state index in [1.165, 1.54) is 16.2 Å². The maximum atomic E-state index is 13.2. The van der Waals surface area contributed by atoms with E-state index < -0.39 is 17.7 Å². The summed E-state index contributed by atoms with van der Waals surface area (Å²) in [6, 6.07) is 11.9. The molecule has 4 rings (SSSR count). The van der Waals surface area contributed by atoms with Crippen LogP contribution in [0.4, 0.5) is 0 Å². The van der Waals surface area contributed by atoms with E-state index in [9.17, 15) is 14.7 Å². The fourth-order valence-corrected chi connectivity index (χ4v) is 4.87. The number of rotatable bonds is 7. The van der Waals surface area contributed by atoms with Gasteiger partial charge in [0.25, 0.3) is 11.7 Å². The third-order valence-electron chi connectivity index (χ3n) is 5.46. The molecule has 1 saturated heterocycles. The summed E-state index contributed by atoms with van der Waals surface area (Å²) in [4.78, 5) is 32.8. The number of carbonyl (C=O) groups excluding carboxylic acids is 2. The maximum absolute atomic E-state index is 13.2. The molecule has 1 fully saturated rings. The number of aromatic nitrogens is 1. The first-order chi connectivity index (χ1) is 15.9. The van der Waals surface area contributed by atoms with Crippen molar-refractivity contribution in [3.63, 3.8) is 0 Å². The summed E-state index contributed by atoms with van der Waals surface area (Å²) < 4.78 is 5.79. The van der Waals surface area contributed by atoms with Gasteiger partial charge in [-0.05, 0) is 53.6 Å². The van der Waals surface area contributed by atoms with Crippen molar-refractivity contribution < 1.29 is 19.4 Å². The molecular weight excluding hydrogens is 436 g/mol. The van der Waals surface area contributed by atoms with E-state index in [-0.39, 0.29) is 17.9 Å². The van der Waals surface area contributed by atoms with Gasteiger partial charge in [0.1, 0.15) is 17.6 Å². The van der Waals surface area contributed by atoms with Crippen LogP contribution in [0.25, 0.3) is 5.76 Å². The Morgan fingerprint density at radius 1 is 1.21 bits per heavy atom. The van der Waals surface area contributed by atoms with Crippen molar-refractivity contribution in [3.05, 3.63) is 87.4 Å². The Labute approximate surface area is 197 Å². The van der Waals surface area contributed by atoms with Gasteiger partial charge in [0, 0.05) is 29.4 Å². The summed E-state index contributed by atoms with van der Waals surface area (Å²) in [7, 11) is 0. The molecule has 0 spiro atoms. The topological polar surface area (TPSA) is 79.7 Å². The molecule has 7 heteroatoms. The smallest absolute Gasteiger partial charge is 0.295 e. The van der Waals surface area contributed by atoms with Crippen molar-refractivity contribution in [2.45, 2.75) is 33.4 Å². The third-order valence-corrected chi connectivity index (χ3v) is 6.53. The van der Waals surface area contributed by atoms with Gasteiger partial charge < -0.3 is 14.7 Å². The second kappa shape index (κ2) is 9.58. The molecular formula is C26H26N2O4S. The van der Waals surface area contributed by atoms with Gasteiger partial charge in [0.2, 0.25) is 0 Å². The van der Waals surface area contributed by atoms with Crippen LogP contribution in [0.15, 0.2) is 65.8 Å². The molecule has 0 aliphatic carbocycles. The van der Waals surface area contributed by atoms with Gasteiger partial charge in [0.15, 0.2) is 0 Å². The van der Waals surface area contributed by atoms with Gasteiger partial charge >= 0.3 is 0 Å². The number of amides is 1. The van der Waals surface area contributed by atoms with Crippen LogP contribution >= 0.6 is 11.3 Å². The number of nitrogens with zero attached hydrogens (tertiary/aromatic N) is 2. The monoisotopic (exact) mass is 462 g/mol. The molecule has 1 unspecified atom stereocenters. The van der Waals surface area contributed by atoms with Crippen LogP contribution in [0, 0.1) is 12.8 Å². The van der Waals surface area contributed by atoms with Crippen molar-refractivity contribution in [2.24, 2.45) is 5.92 Å². The summed E-state index contributed by atoms with van der Waals surface area (Å²) >= 11 is 1.46. The lowest BCUT2D eigenvalue weighted by molar-refractivity contribution is -0.140. The van der Waals surface area contributed by atoms with E-state index >= 15 is 0 Å². The molecule has 1 aliphatic rings. The molecule has 2 aromatic heterocycles. The number of likely N-dealkylation sites (tertiary alicyclic amines) is 1. The molecule has 0 saturated carbocycles. The molecule has 1 atom stereocenters. The number of hydrogen-bond acceptors (Lipinski definition) is 6.